The molecule has 1 aliphatic rings. The van der Waals surface area contributed by atoms with Crippen molar-refractivity contribution in [3.05, 3.63) is 86.5 Å². The van der Waals surface area contributed by atoms with E-state index in [4.69, 9.17) is 0 Å². The van der Waals surface area contributed by atoms with Gasteiger partial charge in [0.25, 0.3) is 0 Å². The molecule has 0 unspecified atom stereocenters. The topological polar surface area (TPSA) is 25.3 Å². The van der Waals surface area contributed by atoms with E-state index < -0.39 is 0 Å². The Labute approximate surface area is 297 Å². The number of hydrogen-bond donors (Lipinski definition) is 0. The fourth-order valence-electron chi connectivity index (χ4n) is 6.66. The molecule has 266 valence electrons. The molecule has 2 nitrogen and oxygen atoms in total. The third-order valence-electron chi connectivity index (χ3n) is 9.34. The predicted molar refractivity (Wildman–Crippen MR) is 205 cm³/mol. The second-order valence-electron chi connectivity index (χ2n) is 13.2. The first kappa shape index (κ1) is 41.2. The van der Waals surface area contributed by atoms with E-state index in [2.05, 4.69) is 91.8 Å². The molecule has 0 saturated heterocycles. The molecule has 1 heterocycles. The molecule has 47 heavy (non-hydrogen) atoms. The average molecular weight is 686 g/mol. The summed E-state index contributed by atoms with van der Waals surface area (Å²) in [5.41, 5.74) is 25.0. The van der Waals surface area contributed by atoms with Gasteiger partial charge in [-0.25, -0.2) is 4.70 Å². The predicted octanol–water partition coefficient (Wildman–Crippen LogP) is 14.6. The van der Waals surface area contributed by atoms with Crippen molar-refractivity contribution < 1.29 is 19.1 Å². The van der Waals surface area contributed by atoms with Crippen molar-refractivity contribution in [3.8, 4) is 0 Å². The van der Waals surface area contributed by atoms with E-state index in [1.807, 2.05) is 14.4 Å². The molecule has 0 aliphatic carbocycles. The molecule has 0 radical (unpaired) electrons. The second kappa shape index (κ2) is 24.2. The van der Waals surface area contributed by atoms with Crippen LogP contribution in [0.3, 0.4) is 0 Å². The number of hydrogen-bond acceptors (Lipinski definition) is 0. The standard InChI is InChI=1S/C40H60N2.2C2H5.Ni/c1-7-13-17-19-21-33-26-34(22-20-18-14-8-2)30-36(29-33)40-38(24-16-10-4)37(23-15-9-3)39(42(40)41)35-27-31(11-5)25-32(12-6)28-35;2*1-2;/h25-30H,7-24H2,1-6H3;2*1H2,2H3;. The van der Waals surface area contributed by atoms with Crippen LogP contribution < -0.4 is 0 Å². The van der Waals surface area contributed by atoms with E-state index in [1.165, 1.54) is 107 Å². The van der Waals surface area contributed by atoms with Crippen LogP contribution in [0.5, 0.6) is 0 Å². The molecule has 0 aromatic heterocycles. The monoisotopic (exact) mass is 684 g/mol. The molecule has 0 spiro atoms. The third-order valence-corrected chi connectivity index (χ3v) is 10.3. The minimum absolute atomic E-state index is 1.01. The van der Waals surface area contributed by atoms with Crippen molar-refractivity contribution in [2.45, 2.75) is 182 Å². The Morgan fingerprint density at radius 1 is 0.447 bits per heavy atom. The first-order chi connectivity index (χ1) is 22.9. The normalized spacial score (nSPS) is 13.1. The van der Waals surface area contributed by atoms with Crippen LogP contribution in [-0.2, 0) is 40.1 Å². The van der Waals surface area contributed by atoms with Gasteiger partial charge in [-0.2, -0.15) is 0 Å². The maximum atomic E-state index is 12.2. The van der Waals surface area contributed by atoms with Crippen molar-refractivity contribution in [2.75, 3.05) is 0 Å². The molecule has 0 amide bonds. The third kappa shape index (κ3) is 13.4. The molecule has 0 atom stereocenters. The molecular formula is C44H70N2Ni. The van der Waals surface area contributed by atoms with Gasteiger partial charge in [0.2, 0.25) is 11.4 Å². The van der Waals surface area contributed by atoms with Crippen molar-refractivity contribution in [1.29, 1.82) is 0 Å². The molecule has 1 aliphatic heterocycles. The first-order valence-electron chi connectivity index (χ1n) is 19.6. The SMILES string of the molecule is CCCCCCc1cc(CCCCCC)cc(C2=C(CCCC)C(CCCC)=C(c3cc(CC)cc(CC)c3)[N+]2=[N-])c1.C[CH2][Ni][CH2]C. The molecule has 0 N–H and O–H groups in total. The number of rotatable bonds is 22. The van der Waals surface area contributed by atoms with Gasteiger partial charge in [0.05, 0.1) is 0 Å². The Bertz CT molecular complexity index is 1210. The van der Waals surface area contributed by atoms with Crippen LogP contribution in [0.2, 0.25) is 10.8 Å². The van der Waals surface area contributed by atoms with E-state index in [-0.39, 0.29) is 0 Å². The van der Waals surface area contributed by atoms with Gasteiger partial charge in [-0.1, -0.05) is 105 Å². The fraction of sp³-hybridized carbons (Fsp3) is 0.636. The van der Waals surface area contributed by atoms with Crippen molar-refractivity contribution in [1.82, 2.24) is 0 Å². The summed E-state index contributed by atoms with van der Waals surface area (Å²) in [5.74, 6) is 0. The van der Waals surface area contributed by atoms with Crippen LogP contribution in [0.15, 0.2) is 47.5 Å². The molecule has 3 rings (SSSR count). The summed E-state index contributed by atoms with van der Waals surface area (Å²) in [5, 5.41) is 2.56. The first-order valence-corrected chi connectivity index (χ1v) is 21.0. The van der Waals surface area contributed by atoms with E-state index in [1.54, 1.807) is 4.70 Å². The van der Waals surface area contributed by atoms with Crippen LogP contribution in [0, 0.1) is 0 Å². The van der Waals surface area contributed by atoms with Crippen molar-refractivity contribution >= 4 is 11.4 Å². The molecule has 2 aromatic rings. The van der Waals surface area contributed by atoms with Crippen LogP contribution in [0.1, 0.15) is 179 Å². The maximum absolute atomic E-state index is 12.2. The molecule has 0 bridgehead atoms. The van der Waals surface area contributed by atoms with Gasteiger partial charge in [0.1, 0.15) is 0 Å². The van der Waals surface area contributed by atoms with Gasteiger partial charge >= 0.3 is 39.1 Å². The molecule has 2 aromatic carbocycles. The molecule has 0 fully saturated rings. The summed E-state index contributed by atoms with van der Waals surface area (Å²) >= 11 is 1.82. The van der Waals surface area contributed by atoms with Gasteiger partial charge in [-0.15, -0.1) is 0 Å². The Kier molecular flexibility index (Phi) is 21.2. The number of unbranched alkanes of at least 4 members (excludes halogenated alkanes) is 8. The summed E-state index contributed by atoms with van der Waals surface area (Å²) in [6.07, 6.45) is 21.1. The fourth-order valence-corrected chi connectivity index (χ4v) is 7.15. The van der Waals surface area contributed by atoms with E-state index in [0.29, 0.717) is 0 Å². The van der Waals surface area contributed by atoms with Gasteiger partial charge in [0, 0.05) is 22.3 Å². The molecule has 3 heteroatoms. The second-order valence-corrected chi connectivity index (χ2v) is 15.1. The van der Waals surface area contributed by atoms with Crippen LogP contribution in [0.4, 0.5) is 0 Å². The van der Waals surface area contributed by atoms with Gasteiger partial charge in [0.15, 0.2) is 0 Å². The van der Waals surface area contributed by atoms with Gasteiger partial charge in [-0.05, 0) is 111 Å². The average Bonchev–Trinajstić information content (AvgIpc) is 3.37. The minimum atomic E-state index is 1.01. The zero-order valence-electron chi connectivity index (χ0n) is 31.8. The van der Waals surface area contributed by atoms with Crippen molar-refractivity contribution in [3.63, 3.8) is 0 Å². The Morgan fingerprint density at radius 2 is 0.830 bits per heavy atom. The summed E-state index contributed by atoms with van der Waals surface area (Å²) < 4.78 is 1.61. The molecular weight excluding hydrogens is 615 g/mol. The number of nitrogens with zero attached hydrogens (tertiary/aromatic N) is 2. The summed E-state index contributed by atoms with van der Waals surface area (Å²) in [4.78, 5) is 0. The van der Waals surface area contributed by atoms with Crippen molar-refractivity contribution in [2.24, 2.45) is 0 Å². The summed E-state index contributed by atoms with van der Waals surface area (Å²) in [6.45, 7) is 18.0. The molecule has 0 saturated carbocycles. The van der Waals surface area contributed by atoms with Gasteiger partial charge in [-0.3, -0.25) is 0 Å². The van der Waals surface area contributed by atoms with Crippen LogP contribution in [0.25, 0.3) is 16.9 Å². The van der Waals surface area contributed by atoms with Crippen LogP contribution in [-0.4, -0.2) is 4.70 Å². The number of allylic oxidation sites excluding steroid dienone is 2. The Balaban J connectivity index is 0.00000142. The summed E-state index contributed by atoms with van der Waals surface area (Å²) in [6, 6.07) is 14.3. The van der Waals surface area contributed by atoms with E-state index >= 15 is 0 Å². The van der Waals surface area contributed by atoms with Gasteiger partial charge < -0.3 is 5.53 Å². The number of aryl methyl sites for hydroxylation is 4. The zero-order chi connectivity index (χ0) is 34.4. The van der Waals surface area contributed by atoms with Crippen LogP contribution >= 0.6 is 0 Å². The van der Waals surface area contributed by atoms with E-state index in [0.717, 1.165) is 75.6 Å². The quantitative estimate of drug-likeness (QED) is 0.0670. The zero-order valence-corrected chi connectivity index (χ0v) is 32.8. The Morgan fingerprint density at radius 3 is 1.17 bits per heavy atom. The number of benzene rings is 2. The van der Waals surface area contributed by atoms with E-state index in [9.17, 15) is 5.53 Å². The Hall–Kier alpha value is -1.99. The summed E-state index contributed by atoms with van der Waals surface area (Å²) in [7, 11) is 0.